The summed E-state index contributed by atoms with van der Waals surface area (Å²) in [7, 11) is 0. The SMILES string of the molecule is CCOC(=O)/C(C)=C/[C@@H](NC(=O)[C@@H](NC(=O)[C@H]1CCCCN1C(C)CC)C(C)C)C(C)C. The van der Waals surface area contributed by atoms with Gasteiger partial charge in [-0.2, -0.15) is 0 Å². The molecule has 0 aromatic rings. The summed E-state index contributed by atoms with van der Waals surface area (Å²) in [5, 5.41) is 6.06. The Hall–Kier alpha value is -1.89. The van der Waals surface area contributed by atoms with Gasteiger partial charge in [-0.1, -0.05) is 47.1 Å². The molecule has 184 valence electrons. The summed E-state index contributed by atoms with van der Waals surface area (Å²) >= 11 is 0. The van der Waals surface area contributed by atoms with Crippen LogP contribution < -0.4 is 10.6 Å². The molecule has 1 heterocycles. The van der Waals surface area contributed by atoms with Crippen LogP contribution in [0.5, 0.6) is 0 Å². The Morgan fingerprint density at radius 1 is 1.03 bits per heavy atom. The first-order valence-corrected chi connectivity index (χ1v) is 12.2. The van der Waals surface area contributed by atoms with Crippen LogP contribution in [0.4, 0.5) is 0 Å². The summed E-state index contributed by atoms with van der Waals surface area (Å²) in [4.78, 5) is 40.7. The van der Waals surface area contributed by atoms with Crippen molar-refractivity contribution in [3.63, 3.8) is 0 Å². The fraction of sp³-hybridized carbons (Fsp3) is 0.800. The quantitative estimate of drug-likeness (QED) is 0.371. The first-order chi connectivity index (χ1) is 15.0. The molecule has 1 aliphatic heterocycles. The number of likely N-dealkylation sites (tertiary alicyclic amines) is 1. The zero-order valence-corrected chi connectivity index (χ0v) is 21.4. The molecule has 0 aromatic carbocycles. The van der Waals surface area contributed by atoms with Gasteiger partial charge in [0.05, 0.1) is 18.7 Å². The van der Waals surface area contributed by atoms with Gasteiger partial charge in [0.2, 0.25) is 11.8 Å². The highest BCUT2D eigenvalue weighted by atomic mass is 16.5. The zero-order valence-electron chi connectivity index (χ0n) is 21.4. The van der Waals surface area contributed by atoms with E-state index in [9.17, 15) is 14.4 Å². The van der Waals surface area contributed by atoms with Gasteiger partial charge in [-0.25, -0.2) is 4.79 Å². The first-order valence-electron chi connectivity index (χ1n) is 12.2. The first kappa shape index (κ1) is 28.1. The molecule has 1 rings (SSSR count). The maximum Gasteiger partial charge on any atom is 0.333 e. The highest BCUT2D eigenvalue weighted by Crippen LogP contribution is 2.21. The third-order valence-corrected chi connectivity index (χ3v) is 6.30. The van der Waals surface area contributed by atoms with E-state index in [0.717, 1.165) is 32.2 Å². The van der Waals surface area contributed by atoms with Crippen LogP contribution in [-0.4, -0.2) is 60.0 Å². The molecular weight excluding hydrogens is 406 g/mol. The summed E-state index contributed by atoms with van der Waals surface area (Å²) in [5.74, 6) is -0.679. The van der Waals surface area contributed by atoms with E-state index in [1.165, 1.54) is 0 Å². The van der Waals surface area contributed by atoms with Crippen LogP contribution >= 0.6 is 0 Å². The Morgan fingerprint density at radius 3 is 2.22 bits per heavy atom. The Morgan fingerprint density at radius 2 is 1.69 bits per heavy atom. The number of rotatable bonds is 11. The van der Waals surface area contributed by atoms with E-state index in [1.807, 2.05) is 27.7 Å². The summed E-state index contributed by atoms with van der Waals surface area (Å²) in [6, 6.07) is -0.838. The molecule has 0 radical (unpaired) electrons. The lowest BCUT2D eigenvalue weighted by Crippen LogP contribution is -2.58. The molecule has 2 N–H and O–H groups in total. The predicted octanol–water partition coefficient (Wildman–Crippen LogP) is 3.43. The van der Waals surface area contributed by atoms with Gasteiger partial charge in [0, 0.05) is 11.6 Å². The minimum atomic E-state index is -0.638. The molecule has 0 spiro atoms. The fourth-order valence-electron chi connectivity index (χ4n) is 4.02. The molecule has 7 nitrogen and oxygen atoms in total. The van der Waals surface area contributed by atoms with Crippen LogP contribution in [-0.2, 0) is 19.1 Å². The van der Waals surface area contributed by atoms with Crippen molar-refractivity contribution in [3.8, 4) is 0 Å². The van der Waals surface area contributed by atoms with Crippen LogP contribution in [0, 0.1) is 11.8 Å². The number of esters is 1. The van der Waals surface area contributed by atoms with E-state index >= 15 is 0 Å². The van der Waals surface area contributed by atoms with E-state index in [2.05, 4.69) is 29.4 Å². The standard InChI is InChI=1S/C25H45N3O4/c1-9-19(8)28-14-12-11-13-21(28)23(29)27-22(17(5)6)24(30)26-20(16(3)4)15-18(7)25(31)32-10-2/h15-17,19-22H,9-14H2,1-8H3,(H,26,30)(H,27,29)/b18-15+/t19?,20-,21-,22+/m1/s1. The molecule has 0 aliphatic carbocycles. The fourth-order valence-corrected chi connectivity index (χ4v) is 4.02. The van der Waals surface area contributed by atoms with E-state index in [-0.39, 0.29) is 41.7 Å². The van der Waals surface area contributed by atoms with E-state index in [0.29, 0.717) is 18.2 Å². The van der Waals surface area contributed by atoms with Crippen LogP contribution in [0.2, 0.25) is 0 Å². The summed E-state index contributed by atoms with van der Waals surface area (Å²) in [6.45, 7) is 16.8. The smallest absolute Gasteiger partial charge is 0.333 e. The van der Waals surface area contributed by atoms with Crippen LogP contribution in [0.1, 0.15) is 81.1 Å². The lowest BCUT2D eigenvalue weighted by Gasteiger charge is -2.39. The largest absolute Gasteiger partial charge is 0.463 e. The third-order valence-electron chi connectivity index (χ3n) is 6.30. The van der Waals surface area contributed by atoms with E-state index in [4.69, 9.17) is 4.74 Å². The molecule has 4 atom stereocenters. The predicted molar refractivity (Wildman–Crippen MR) is 128 cm³/mol. The second-order valence-electron chi connectivity index (χ2n) is 9.59. The van der Waals surface area contributed by atoms with Crippen molar-refractivity contribution in [1.82, 2.24) is 15.5 Å². The third kappa shape index (κ3) is 8.23. The second-order valence-corrected chi connectivity index (χ2v) is 9.59. The Balaban J connectivity index is 2.95. The molecule has 0 bridgehead atoms. The Kier molecular flexibility index (Phi) is 12.0. The Bertz CT molecular complexity index is 660. The van der Waals surface area contributed by atoms with E-state index < -0.39 is 6.04 Å². The zero-order chi connectivity index (χ0) is 24.4. The van der Waals surface area contributed by atoms with Crippen LogP contribution in [0.25, 0.3) is 0 Å². The second kappa shape index (κ2) is 13.6. The normalized spacial score (nSPS) is 20.6. The monoisotopic (exact) mass is 451 g/mol. The molecule has 0 aromatic heterocycles. The van der Waals surface area contributed by atoms with Crippen molar-refractivity contribution in [2.45, 2.75) is 105 Å². The number of nitrogens with one attached hydrogen (secondary N) is 2. The van der Waals surface area contributed by atoms with Crippen LogP contribution in [0.15, 0.2) is 11.6 Å². The molecule has 1 fully saturated rings. The summed E-state index contributed by atoms with van der Waals surface area (Å²) in [5.41, 5.74) is 0.461. The number of piperidine rings is 1. The highest BCUT2D eigenvalue weighted by Gasteiger charge is 2.34. The number of ether oxygens (including phenoxy) is 1. The molecule has 2 amide bonds. The maximum atomic E-state index is 13.2. The Labute approximate surface area is 194 Å². The van der Waals surface area contributed by atoms with Crippen molar-refractivity contribution in [2.24, 2.45) is 11.8 Å². The number of carbonyl (C=O) groups is 3. The lowest BCUT2D eigenvalue weighted by atomic mass is 9.96. The molecular formula is C25H45N3O4. The average Bonchev–Trinajstić information content (AvgIpc) is 2.75. The topological polar surface area (TPSA) is 87.7 Å². The van der Waals surface area contributed by atoms with Gasteiger partial charge < -0.3 is 15.4 Å². The molecule has 1 aliphatic rings. The van der Waals surface area contributed by atoms with Crippen molar-refractivity contribution in [2.75, 3.05) is 13.2 Å². The van der Waals surface area contributed by atoms with Gasteiger partial charge in [-0.15, -0.1) is 0 Å². The van der Waals surface area contributed by atoms with Gasteiger partial charge in [-0.05, 0) is 58.4 Å². The number of nitrogens with zero attached hydrogens (tertiary/aromatic N) is 1. The van der Waals surface area contributed by atoms with Crippen molar-refractivity contribution in [1.29, 1.82) is 0 Å². The van der Waals surface area contributed by atoms with Crippen molar-refractivity contribution >= 4 is 17.8 Å². The number of amides is 2. The van der Waals surface area contributed by atoms with Gasteiger partial charge in [0.25, 0.3) is 0 Å². The number of hydrogen-bond acceptors (Lipinski definition) is 5. The van der Waals surface area contributed by atoms with Gasteiger partial charge in [-0.3, -0.25) is 14.5 Å². The van der Waals surface area contributed by atoms with Crippen molar-refractivity contribution in [3.05, 3.63) is 11.6 Å². The molecule has 7 heteroatoms. The van der Waals surface area contributed by atoms with E-state index in [1.54, 1.807) is 19.9 Å². The minimum absolute atomic E-state index is 0.0671. The lowest BCUT2D eigenvalue weighted by molar-refractivity contribution is -0.138. The van der Waals surface area contributed by atoms with Gasteiger partial charge in [0.15, 0.2) is 0 Å². The number of hydrogen-bond donors (Lipinski definition) is 2. The maximum absolute atomic E-state index is 13.2. The highest BCUT2D eigenvalue weighted by molar-refractivity contribution is 5.91. The number of carbonyl (C=O) groups excluding carboxylic acids is 3. The summed E-state index contributed by atoms with van der Waals surface area (Å²) < 4.78 is 5.05. The molecule has 1 unspecified atom stereocenters. The van der Waals surface area contributed by atoms with Crippen LogP contribution in [0.3, 0.4) is 0 Å². The molecule has 32 heavy (non-hydrogen) atoms. The summed E-state index contributed by atoms with van der Waals surface area (Å²) in [6.07, 6.45) is 5.67. The van der Waals surface area contributed by atoms with Gasteiger partial charge >= 0.3 is 5.97 Å². The average molecular weight is 452 g/mol. The minimum Gasteiger partial charge on any atom is -0.463 e. The molecule has 0 saturated carbocycles. The van der Waals surface area contributed by atoms with Crippen molar-refractivity contribution < 1.29 is 19.1 Å². The van der Waals surface area contributed by atoms with Gasteiger partial charge in [0.1, 0.15) is 6.04 Å². The molecule has 1 saturated heterocycles.